The molecule has 0 spiro atoms. The summed E-state index contributed by atoms with van der Waals surface area (Å²) in [5.74, 6) is 0. The fraction of sp³-hybridized carbons (Fsp3) is 0.364. The van der Waals surface area contributed by atoms with E-state index in [-0.39, 0.29) is 71.9 Å². The van der Waals surface area contributed by atoms with Crippen molar-refractivity contribution in [2.45, 2.75) is 118 Å². The Morgan fingerprint density at radius 3 is 0.605 bits per heavy atom. The molecule has 3 N–H and O–H groups in total. The van der Waals surface area contributed by atoms with Crippen molar-refractivity contribution in [2.75, 3.05) is 37.0 Å². The average molecular weight is 1530 g/mol. The third-order valence-electron chi connectivity index (χ3n) is 17.5. The van der Waals surface area contributed by atoms with Crippen LogP contribution in [0.1, 0.15) is 20.8 Å². The molecular formula is C66H99I3N6Si6. The fourth-order valence-electron chi connectivity index (χ4n) is 12.0. The summed E-state index contributed by atoms with van der Waals surface area (Å²) in [4.78, 5) is 12.6. The van der Waals surface area contributed by atoms with Crippen LogP contribution in [0.5, 0.6) is 0 Å². The summed E-state index contributed by atoms with van der Waals surface area (Å²) >= 11 is 0. The highest BCUT2D eigenvalue weighted by molar-refractivity contribution is 6.92. The van der Waals surface area contributed by atoms with Crippen molar-refractivity contribution in [2.24, 2.45) is 0 Å². The van der Waals surface area contributed by atoms with Crippen molar-refractivity contribution >= 4 is 79.6 Å². The molecule has 0 bridgehead atoms. The van der Waals surface area contributed by atoms with Gasteiger partial charge in [-0.3, -0.25) is 14.7 Å². The topological polar surface area (TPSA) is 23.0 Å². The minimum Gasteiger partial charge on any atom is -1.00 e. The number of hydrogen-bond acceptors (Lipinski definition) is 3. The van der Waals surface area contributed by atoms with Crippen LogP contribution >= 0.6 is 0 Å². The van der Waals surface area contributed by atoms with Crippen LogP contribution in [0, 0.1) is 0 Å². The number of halogens is 3. The van der Waals surface area contributed by atoms with E-state index >= 15 is 0 Å². The quantitative estimate of drug-likeness (QED) is 0.0684. The lowest BCUT2D eigenvalue weighted by Crippen LogP contribution is -3.13. The molecule has 6 nitrogen and oxygen atoms in total. The molecule has 6 aromatic rings. The van der Waals surface area contributed by atoms with Crippen molar-refractivity contribution < 1.29 is 86.6 Å². The van der Waals surface area contributed by atoms with Gasteiger partial charge >= 0.3 is 0 Å². The number of nitrogens with zero attached hydrogens (tertiary/aromatic N) is 3. The van der Waals surface area contributed by atoms with Gasteiger partial charge in [0.05, 0.1) is 37.1 Å². The van der Waals surface area contributed by atoms with E-state index in [0.29, 0.717) is 18.5 Å². The lowest BCUT2D eigenvalue weighted by atomic mass is 10.4. The van der Waals surface area contributed by atoms with E-state index < -0.39 is 48.4 Å². The molecule has 9 rings (SSSR count). The molecule has 0 aromatic heterocycles. The van der Waals surface area contributed by atoms with Gasteiger partial charge in [-0.05, 0) is 0 Å². The number of nitrogens with one attached hydrogen (secondary N) is 3. The van der Waals surface area contributed by atoms with Gasteiger partial charge in [0.2, 0.25) is 0 Å². The SMILES string of the molecule is CC1N(C[Si](C)(C)c2ccccc2)C=C[NH+]1C[Si](C)(C)c1ccccc1.CC1N(C[Si](C)(C)c2ccccc2)C=C[NH+]1C[Si](C)(C)c1ccccc1.CC1N(C[Si](C)(C)c2ccccc2)C=C[NH+]1C[Si](C)(C)c1ccccc1.[I-].[I-].[I-]. The van der Waals surface area contributed by atoms with E-state index in [2.05, 4.69) is 333 Å². The summed E-state index contributed by atoms with van der Waals surface area (Å²) in [7, 11) is -8.72. The smallest absolute Gasteiger partial charge is 0.163 e. The molecule has 6 aromatic carbocycles. The maximum absolute atomic E-state index is 2.59. The van der Waals surface area contributed by atoms with Gasteiger partial charge in [0.25, 0.3) is 0 Å². The highest BCUT2D eigenvalue weighted by Gasteiger charge is 2.41. The Labute approximate surface area is 549 Å². The molecule has 0 saturated heterocycles. The monoisotopic (exact) mass is 1520 g/mol. The van der Waals surface area contributed by atoms with Crippen LogP contribution in [-0.4, -0.2) is 119 Å². The lowest BCUT2D eigenvalue weighted by Gasteiger charge is -2.34. The van der Waals surface area contributed by atoms with E-state index in [1.807, 2.05) is 0 Å². The molecule has 0 saturated carbocycles. The molecule has 6 unspecified atom stereocenters. The zero-order valence-electron chi connectivity index (χ0n) is 51.7. The average Bonchev–Trinajstić information content (AvgIpc) is 4.19. The van der Waals surface area contributed by atoms with Gasteiger partial charge in [-0.1, -0.05) is 292 Å². The minimum absolute atomic E-state index is 0. The number of quaternary nitrogens is 3. The molecular weight excluding hydrogens is 1430 g/mol. The summed E-state index contributed by atoms with van der Waals surface area (Å²) in [5.41, 5.74) is 0. The number of hydrogen-bond donors (Lipinski definition) is 3. The third kappa shape index (κ3) is 19.4. The van der Waals surface area contributed by atoms with Crippen molar-refractivity contribution in [1.82, 2.24) is 14.7 Å². The molecule has 0 aliphatic carbocycles. The van der Waals surface area contributed by atoms with E-state index in [4.69, 9.17) is 0 Å². The summed E-state index contributed by atoms with van der Waals surface area (Å²) in [6.45, 7) is 37.1. The van der Waals surface area contributed by atoms with Crippen LogP contribution in [0.15, 0.2) is 219 Å². The fourth-order valence-corrected chi connectivity index (χ4v) is 27.9. The Kier molecular flexibility index (Phi) is 27.2. The van der Waals surface area contributed by atoms with Gasteiger partial charge in [0.15, 0.2) is 18.5 Å². The molecule has 0 fully saturated rings. The highest BCUT2D eigenvalue weighted by atomic mass is 127. The second kappa shape index (κ2) is 31.1. The van der Waals surface area contributed by atoms with Crippen molar-refractivity contribution in [3.63, 3.8) is 0 Å². The van der Waals surface area contributed by atoms with E-state index in [1.54, 1.807) is 45.8 Å². The molecule has 6 atom stereocenters. The van der Waals surface area contributed by atoms with E-state index in [9.17, 15) is 0 Å². The summed E-state index contributed by atoms with van der Waals surface area (Å²) in [5, 5.41) is 9.33. The first-order valence-corrected chi connectivity index (χ1v) is 48.4. The standard InChI is InChI=1S/3C22H32N2Si2.3HI/c3*1-20-23(18-25(2,3)21-12-8-6-9-13-21)16-17-24(20)19-26(4,5)22-14-10-7-11-15-22;;;/h3*6-17,20H,18-19H2,1-5H3;3*1H. The molecule has 3 heterocycles. The molecule has 15 heteroatoms. The Bertz CT molecular complexity index is 2360. The van der Waals surface area contributed by atoms with Crippen molar-refractivity contribution in [3.05, 3.63) is 219 Å². The maximum atomic E-state index is 2.59. The first kappa shape index (κ1) is 70.8. The predicted octanol–water partition coefficient (Wildman–Crippen LogP) is -2.05. The number of benzene rings is 6. The minimum atomic E-state index is -1.47. The molecule has 3 aliphatic heterocycles. The Balaban J connectivity index is 0.000000257. The zero-order valence-corrected chi connectivity index (χ0v) is 64.2. The van der Waals surface area contributed by atoms with Crippen molar-refractivity contribution in [3.8, 4) is 0 Å². The Morgan fingerprint density at radius 1 is 0.272 bits per heavy atom. The van der Waals surface area contributed by atoms with Crippen LogP contribution in [0.4, 0.5) is 0 Å². The van der Waals surface area contributed by atoms with Gasteiger partial charge in [-0.2, -0.15) is 0 Å². The predicted molar refractivity (Wildman–Crippen MR) is 355 cm³/mol. The molecule has 3 aliphatic rings. The highest BCUT2D eigenvalue weighted by Crippen LogP contribution is 2.15. The van der Waals surface area contributed by atoms with Crippen LogP contribution in [0.25, 0.3) is 0 Å². The van der Waals surface area contributed by atoms with Crippen LogP contribution in [0.3, 0.4) is 0 Å². The van der Waals surface area contributed by atoms with Crippen LogP contribution in [0.2, 0.25) is 78.6 Å². The molecule has 81 heavy (non-hydrogen) atoms. The van der Waals surface area contributed by atoms with Crippen LogP contribution < -0.4 is 118 Å². The summed E-state index contributed by atoms with van der Waals surface area (Å²) < 4.78 is 0. The van der Waals surface area contributed by atoms with Gasteiger partial charge in [-0.25, -0.2) is 0 Å². The molecule has 438 valence electrons. The number of rotatable bonds is 18. The van der Waals surface area contributed by atoms with Gasteiger partial charge in [0.1, 0.15) is 67.0 Å². The van der Waals surface area contributed by atoms with Gasteiger partial charge in [0, 0.05) is 39.3 Å². The maximum Gasteiger partial charge on any atom is 0.163 e. The Hall–Kier alpha value is -2.69. The Morgan fingerprint density at radius 2 is 0.432 bits per heavy atom. The first-order chi connectivity index (χ1) is 36.9. The van der Waals surface area contributed by atoms with E-state index in [1.165, 1.54) is 37.0 Å². The zero-order chi connectivity index (χ0) is 56.4. The van der Waals surface area contributed by atoms with E-state index in [0.717, 1.165) is 0 Å². The molecule has 0 amide bonds. The third-order valence-corrected chi connectivity index (χ3v) is 36.3. The lowest BCUT2D eigenvalue weighted by molar-refractivity contribution is -0.865. The van der Waals surface area contributed by atoms with Gasteiger partial charge in [-0.15, -0.1) is 0 Å². The van der Waals surface area contributed by atoms with Crippen LogP contribution in [-0.2, 0) is 0 Å². The first-order valence-electron chi connectivity index (χ1n) is 29.1. The molecule has 0 radical (unpaired) electrons. The van der Waals surface area contributed by atoms with Crippen molar-refractivity contribution in [1.29, 1.82) is 0 Å². The summed E-state index contributed by atoms with van der Waals surface area (Å²) in [6, 6.07) is 66.7. The largest absolute Gasteiger partial charge is 1.00 e. The summed E-state index contributed by atoms with van der Waals surface area (Å²) in [6.07, 6.45) is 23.2. The normalized spacial score (nSPS) is 19.8. The second-order valence-corrected chi connectivity index (χ2v) is 54.8. The van der Waals surface area contributed by atoms with Gasteiger partial charge < -0.3 is 86.6 Å². The second-order valence-electron chi connectivity index (χ2n) is 26.7.